The predicted octanol–water partition coefficient (Wildman–Crippen LogP) is 3.05. The number of benzene rings is 1. The zero-order valence-electron chi connectivity index (χ0n) is 13.9. The van der Waals surface area contributed by atoms with Gasteiger partial charge in [-0.15, -0.1) is 0 Å². The van der Waals surface area contributed by atoms with E-state index in [-0.39, 0.29) is 12.0 Å². The molecule has 1 aliphatic rings. The molecule has 0 radical (unpaired) electrons. The first-order valence-corrected chi connectivity index (χ1v) is 7.47. The summed E-state index contributed by atoms with van der Waals surface area (Å²) in [6.07, 6.45) is 3.30. The number of ether oxygens (including phenoxy) is 3. The number of hydrogen-bond donors (Lipinski definition) is 0. The van der Waals surface area contributed by atoms with Crippen LogP contribution in [0.3, 0.4) is 0 Å². The highest BCUT2D eigenvalue weighted by Crippen LogP contribution is 2.30. The van der Waals surface area contributed by atoms with E-state index in [2.05, 4.69) is 13.2 Å². The molecule has 1 amide bonds. The highest BCUT2D eigenvalue weighted by Gasteiger charge is 2.33. The largest absolute Gasteiger partial charge is 0.496 e. The van der Waals surface area contributed by atoms with Crippen molar-refractivity contribution in [3.05, 3.63) is 49.2 Å². The van der Waals surface area contributed by atoms with Gasteiger partial charge in [-0.25, -0.2) is 0 Å². The zero-order chi connectivity index (χ0) is 17.0. The van der Waals surface area contributed by atoms with Crippen molar-refractivity contribution >= 4 is 11.6 Å². The fourth-order valence-electron chi connectivity index (χ4n) is 2.60. The summed E-state index contributed by atoms with van der Waals surface area (Å²) in [6.45, 7) is 11.5. The maximum Gasteiger partial charge on any atom is 0.254 e. The molecule has 1 aliphatic heterocycles. The Kier molecular flexibility index (Phi) is 5.23. The van der Waals surface area contributed by atoms with Gasteiger partial charge in [-0.1, -0.05) is 13.2 Å². The molecule has 0 aromatic heterocycles. The van der Waals surface area contributed by atoms with Crippen LogP contribution in [0.2, 0.25) is 0 Å². The van der Waals surface area contributed by atoms with E-state index in [0.29, 0.717) is 18.7 Å². The third-order valence-corrected chi connectivity index (χ3v) is 3.65. The number of carbonyl (C=O) groups is 1. The summed E-state index contributed by atoms with van der Waals surface area (Å²) in [7, 11) is 1.62. The van der Waals surface area contributed by atoms with E-state index in [4.69, 9.17) is 14.2 Å². The molecule has 0 N–H and O–H groups in total. The Hall–Kier alpha value is -2.11. The van der Waals surface area contributed by atoms with Gasteiger partial charge in [-0.05, 0) is 43.7 Å². The van der Waals surface area contributed by atoms with Crippen molar-refractivity contribution in [3.63, 3.8) is 0 Å². The van der Waals surface area contributed by atoms with E-state index in [1.165, 1.54) is 17.2 Å². The lowest BCUT2D eigenvalue weighted by Crippen LogP contribution is -2.23. The van der Waals surface area contributed by atoms with Gasteiger partial charge >= 0.3 is 0 Å². The first kappa shape index (κ1) is 17.2. The Balaban J connectivity index is 2.27. The van der Waals surface area contributed by atoms with Crippen LogP contribution in [0.15, 0.2) is 43.6 Å². The molecule has 5 nitrogen and oxygen atoms in total. The SMILES string of the molecule is C=CC(=O)N(C=C)c1ccc(OC)c(CC2COC(C)(C)O2)c1. The Morgan fingerprint density at radius 3 is 2.74 bits per heavy atom. The highest BCUT2D eigenvalue weighted by molar-refractivity contribution is 6.02. The summed E-state index contributed by atoms with van der Waals surface area (Å²) in [4.78, 5) is 13.3. The van der Waals surface area contributed by atoms with Gasteiger partial charge in [0.05, 0.1) is 19.8 Å². The van der Waals surface area contributed by atoms with Crippen LogP contribution in [-0.2, 0) is 20.7 Å². The molecule has 1 aromatic carbocycles. The molecule has 5 heteroatoms. The third kappa shape index (κ3) is 4.00. The van der Waals surface area contributed by atoms with Gasteiger partial charge in [-0.2, -0.15) is 0 Å². The molecule has 1 atom stereocenters. The van der Waals surface area contributed by atoms with Gasteiger partial charge in [0.2, 0.25) is 0 Å². The first-order chi connectivity index (χ1) is 10.9. The molecule has 0 aliphatic carbocycles. The molecule has 0 bridgehead atoms. The van der Waals surface area contributed by atoms with Crippen molar-refractivity contribution in [2.45, 2.75) is 32.2 Å². The third-order valence-electron chi connectivity index (χ3n) is 3.65. The second-order valence-electron chi connectivity index (χ2n) is 5.75. The molecular formula is C18H23NO4. The van der Waals surface area contributed by atoms with Crippen LogP contribution in [0.25, 0.3) is 0 Å². The number of anilines is 1. The van der Waals surface area contributed by atoms with Crippen molar-refractivity contribution in [3.8, 4) is 5.75 Å². The Morgan fingerprint density at radius 1 is 1.48 bits per heavy atom. The van der Waals surface area contributed by atoms with Crippen LogP contribution in [-0.4, -0.2) is 31.5 Å². The lowest BCUT2D eigenvalue weighted by Gasteiger charge is -2.20. The second kappa shape index (κ2) is 6.98. The van der Waals surface area contributed by atoms with Crippen LogP contribution in [0.4, 0.5) is 5.69 Å². The number of nitrogens with zero attached hydrogens (tertiary/aromatic N) is 1. The second-order valence-corrected chi connectivity index (χ2v) is 5.75. The minimum atomic E-state index is -0.568. The molecular weight excluding hydrogens is 294 g/mol. The average Bonchev–Trinajstić information content (AvgIpc) is 2.87. The standard InChI is InChI=1S/C18H23NO4/c1-6-17(20)19(7-2)14-8-9-16(21-5)13(10-14)11-15-12-22-18(3,4)23-15/h6-10,15H,1-2,11-12H2,3-5H3. The van der Waals surface area contributed by atoms with Gasteiger partial charge in [0.1, 0.15) is 5.75 Å². The molecule has 2 rings (SSSR count). The van der Waals surface area contributed by atoms with Crippen LogP contribution in [0.1, 0.15) is 19.4 Å². The smallest absolute Gasteiger partial charge is 0.254 e. The van der Waals surface area contributed by atoms with Gasteiger partial charge < -0.3 is 14.2 Å². The summed E-state index contributed by atoms with van der Waals surface area (Å²) in [5.74, 6) is -0.0589. The van der Waals surface area contributed by atoms with Crippen molar-refractivity contribution in [2.24, 2.45) is 0 Å². The van der Waals surface area contributed by atoms with Crippen molar-refractivity contribution < 1.29 is 19.0 Å². The fraction of sp³-hybridized carbons (Fsp3) is 0.389. The van der Waals surface area contributed by atoms with E-state index in [1.54, 1.807) is 13.2 Å². The fourth-order valence-corrected chi connectivity index (χ4v) is 2.60. The summed E-state index contributed by atoms with van der Waals surface area (Å²) in [5.41, 5.74) is 1.65. The van der Waals surface area contributed by atoms with Gasteiger partial charge in [0, 0.05) is 18.3 Å². The number of methoxy groups -OCH3 is 1. The number of hydrogen-bond acceptors (Lipinski definition) is 4. The Bertz CT molecular complexity index is 609. The first-order valence-electron chi connectivity index (χ1n) is 7.47. The molecule has 1 heterocycles. The molecule has 1 fully saturated rings. The highest BCUT2D eigenvalue weighted by atomic mass is 16.7. The summed E-state index contributed by atoms with van der Waals surface area (Å²) in [5, 5.41) is 0. The maximum atomic E-state index is 11.9. The molecule has 0 spiro atoms. The molecule has 23 heavy (non-hydrogen) atoms. The Morgan fingerprint density at radius 2 is 2.22 bits per heavy atom. The van der Waals surface area contributed by atoms with Crippen molar-refractivity contribution in [2.75, 3.05) is 18.6 Å². The molecule has 1 unspecified atom stereocenters. The average molecular weight is 317 g/mol. The van der Waals surface area contributed by atoms with Crippen LogP contribution >= 0.6 is 0 Å². The van der Waals surface area contributed by atoms with E-state index < -0.39 is 5.79 Å². The lowest BCUT2D eigenvalue weighted by atomic mass is 10.1. The van der Waals surface area contributed by atoms with Crippen LogP contribution in [0, 0.1) is 0 Å². The maximum absolute atomic E-state index is 11.9. The minimum Gasteiger partial charge on any atom is -0.496 e. The summed E-state index contributed by atoms with van der Waals surface area (Å²) < 4.78 is 16.9. The topological polar surface area (TPSA) is 48.0 Å². The van der Waals surface area contributed by atoms with Crippen LogP contribution in [0.5, 0.6) is 5.75 Å². The van der Waals surface area contributed by atoms with E-state index >= 15 is 0 Å². The van der Waals surface area contributed by atoms with E-state index in [9.17, 15) is 4.79 Å². The van der Waals surface area contributed by atoms with Crippen molar-refractivity contribution in [1.29, 1.82) is 0 Å². The summed E-state index contributed by atoms with van der Waals surface area (Å²) >= 11 is 0. The number of amides is 1. The molecule has 1 aromatic rings. The predicted molar refractivity (Wildman–Crippen MR) is 89.5 cm³/mol. The zero-order valence-corrected chi connectivity index (χ0v) is 13.9. The molecule has 1 saturated heterocycles. The number of rotatable bonds is 6. The quantitative estimate of drug-likeness (QED) is 0.757. The molecule has 124 valence electrons. The van der Waals surface area contributed by atoms with Crippen LogP contribution < -0.4 is 9.64 Å². The Labute approximate surface area is 137 Å². The van der Waals surface area contributed by atoms with E-state index in [1.807, 2.05) is 26.0 Å². The van der Waals surface area contributed by atoms with Gasteiger partial charge in [0.25, 0.3) is 5.91 Å². The molecule has 0 saturated carbocycles. The van der Waals surface area contributed by atoms with E-state index in [0.717, 1.165) is 11.3 Å². The van der Waals surface area contributed by atoms with Crippen molar-refractivity contribution in [1.82, 2.24) is 0 Å². The minimum absolute atomic E-state index is 0.0542. The number of carbonyl (C=O) groups excluding carboxylic acids is 1. The van der Waals surface area contributed by atoms with Gasteiger partial charge in [-0.3, -0.25) is 9.69 Å². The monoisotopic (exact) mass is 317 g/mol. The van der Waals surface area contributed by atoms with Gasteiger partial charge in [0.15, 0.2) is 5.79 Å². The normalized spacial score (nSPS) is 19.2. The summed E-state index contributed by atoms with van der Waals surface area (Å²) in [6, 6.07) is 5.54. The lowest BCUT2D eigenvalue weighted by molar-refractivity contribution is -0.138.